The van der Waals surface area contributed by atoms with Crippen LogP contribution in [0.5, 0.6) is 0 Å². The number of aromatic nitrogens is 1. The Morgan fingerprint density at radius 1 is 1.09 bits per heavy atom. The smallest absolute Gasteiger partial charge is 0.379 e. The maximum atomic E-state index is 12.6. The molecule has 0 saturated carbocycles. The molecule has 168 valence electrons. The number of anilines is 1. The molecule has 32 heavy (non-hydrogen) atoms. The zero-order valence-corrected chi connectivity index (χ0v) is 18.5. The quantitative estimate of drug-likeness (QED) is 0.458. The summed E-state index contributed by atoms with van der Waals surface area (Å²) in [5.41, 5.74) is 3.54. The molecule has 2 aromatic carbocycles. The molecule has 9 heteroatoms. The maximum absolute atomic E-state index is 12.6. The highest BCUT2D eigenvalue weighted by Gasteiger charge is 2.36. The molecule has 0 aliphatic rings. The summed E-state index contributed by atoms with van der Waals surface area (Å²) in [5.74, 6) is -2.65. The first-order chi connectivity index (χ1) is 15.0. The van der Waals surface area contributed by atoms with Crippen molar-refractivity contribution in [3.8, 4) is 10.6 Å². The number of fused-ring (bicyclic) bond motifs is 1. The van der Waals surface area contributed by atoms with Crippen molar-refractivity contribution in [2.24, 2.45) is 5.92 Å². The van der Waals surface area contributed by atoms with Gasteiger partial charge in [0, 0.05) is 23.5 Å². The summed E-state index contributed by atoms with van der Waals surface area (Å²) in [6.45, 7) is 5.52. The van der Waals surface area contributed by atoms with E-state index in [1.165, 1.54) is 0 Å². The molecule has 1 heterocycles. The number of hydrogen-bond acceptors (Lipinski definition) is 5. The van der Waals surface area contributed by atoms with Crippen molar-refractivity contribution in [1.82, 2.24) is 10.3 Å². The van der Waals surface area contributed by atoms with Crippen LogP contribution in [0.4, 0.5) is 18.9 Å². The average molecular weight is 462 g/mol. The molecule has 1 unspecified atom stereocenters. The van der Waals surface area contributed by atoms with Crippen LogP contribution < -0.4 is 10.6 Å². The predicted molar refractivity (Wildman–Crippen MR) is 120 cm³/mol. The number of thiazole rings is 1. The molecule has 1 aromatic heterocycles. The number of ketones is 1. The van der Waals surface area contributed by atoms with E-state index in [2.05, 4.69) is 21.7 Å². The zero-order chi connectivity index (χ0) is 23.5. The Kier molecular flexibility index (Phi) is 6.98. The van der Waals surface area contributed by atoms with Crippen molar-refractivity contribution in [3.63, 3.8) is 0 Å². The number of aryl methyl sites for hydroxylation is 1. The SMILES string of the molecule is Cc1ccc2nc(-c3ccc(NC(=O)C(NC=CC(=O)C(F)(F)F)C(C)C)cc3)sc2c1. The largest absolute Gasteiger partial charge is 0.454 e. The summed E-state index contributed by atoms with van der Waals surface area (Å²) in [7, 11) is 0. The molecule has 3 aromatic rings. The first-order valence-corrected chi connectivity index (χ1v) is 10.7. The Labute approximate surface area is 187 Å². The number of amides is 1. The summed E-state index contributed by atoms with van der Waals surface area (Å²) in [4.78, 5) is 28.2. The second kappa shape index (κ2) is 9.52. The van der Waals surface area contributed by atoms with E-state index in [9.17, 15) is 22.8 Å². The van der Waals surface area contributed by atoms with Crippen LogP contribution in [0.3, 0.4) is 0 Å². The second-order valence-electron chi connectivity index (χ2n) is 7.64. The number of allylic oxidation sites excluding steroid dienone is 1. The van der Waals surface area contributed by atoms with Gasteiger partial charge in [0.05, 0.1) is 10.2 Å². The van der Waals surface area contributed by atoms with Gasteiger partial charge in [0.1, 0.15) is 11.0 Å². The molecule has 0 spiro atoms. The predicted octanol–water partition coefficient (Wildman–Crippen LogP) is 5.47. The first-order valence-electron chi connectivity index (χ1n) is 9.87. The molecule has 0 aliphatic carbocycles. The van der Waals surface area contributed by atoms with E-state index >= 15 is 0 Å². The molecular formula is C23H22F3N3O2S. The van der Waals surface area contributed by atoms with Gasteiger partial charge in [-0.3, -0.25) is 9.59 Å². The Bertz CT molecular complexity index is 1150. The van der Waals surface area contributed by atoms with Crippen LogP contribution in [-0.2, 0) is 9.59 Å². The third-order valence-corrected chi connectivity index (χ3v) is 5.75. The lowest BCUT2D eigenvalue weighted by atomic mass is 10.0. The van der Waals surface area contributed by atoms with Crippen molar-refractivity contribution in [3.05, 3.63) is 60.3 Å². The van der Waals surface area contributed by atoms with Crippen LogP contribution in [0.1, 0.15) is 19.4 Å². The number of nitrogens with zero attached hydrogens (tertiary/aromatic N) is 1. The normalized spacial score (nSPS) is 13.0. The molecule has 0 saturated heterocycles. The maximum Gasteiger partial charge on any atom is 0.454 e. The summed E-state index contributed by atoms with van der Waals surface area (Å²) in [5, 5.41) is 6.19. The molecule has 0 aliphatic heterocycles. The number of rotatable bonds is 7. The highest BCUT2D eigenvalue weighted by molar-refractivity contribution is 7.21. The van der Waals surface area contributed by atoms with Gasteiger partial charge in [-0.1, -0.05) is 19.9 Å². The van der Waals surface area contributed by atoms with Crippen molar-refractivity contribution in [1.29, 1.82) is 0 Å². The number of carbonyl (C=O) groups excluding carboxylic acids is 2. The number of hydrogen-bond donors (Lipinski definition) is 2. The number of alkyl halides is 3. The highest BCUT2D eigenvalue weighted by Crippen LogP contribution is 2.31. The lowest BCUT2D eigenvalue weighted by Gasteiger charge is -2.20. The van der Waals surface area contributed by atoms with Crippen molar-refractivity contribution in [2.45, 2.75) is 33.0 Å². The fraction of sp³-hybridized carbons (Fsp3) is 0.261. The van der Waals surface area contributed by atoms with Crippen LogP contribution >= 0.6 is 11.3 Å². The molecule has 1 atom stereocenters. The summed E-state index contributed by atoms with van der Waals surface area (Å²) in [6.07, 6.45) is -3.72. The lowest BCUT2D eigenvalue weighted by Crippen LogP contribution is -2.42. The molecule has 0 bridgehead atoms. The number of carbonyl (C=O) groups is 2. The van der Waals surface area contributed by atoms with Crippen molar-refractivity contribution < 1.29 is 22.8 Å². The minimum absolute atomic E-state index is 0.230. The van der Waals surface area contributed by atoms with E-state index in [0.717, 1.165) is 32.6 Å². The zero-order valence-electron chi connectivity index (χ0n) is 17.7. The van der Waals surface area contributed by atoms with Crippen LogP contribution in [0.2, 0.25) is 0 Å². The van der Waals surface area contributed by atoms with Crippen LogP contribution in [0.25, 0.3) is 20.8 Å². The lowest BCUT2D eigenvalue weighted by molar-refractivity contribution is -0.165. The van der Waals surface area contributed by atoms with Gasteiger partial charge >= 0.3 is 6.18 Å². The topological polar surface area (TPSA) is 71.1 Å². The molecule has 2 N–H and O–H groups in total. The van der Waals surface area contributed by atoms with E-state index in [0.29, 0.717) is 11.8 Å². The van der Waals surface area contributed by atoms with E-state index in [1.54, 1.807) is 37.3 Å². The van der Waals surface area contributed by atoms with Crippen molar-refractivity contribution in [2.75, 3.05) is 5.32 Å². The van der Waals surface area contributed by atoms with Gasteiger partial charge in [-0.25, -0.2) is 4.98 Å². The fourth-order valence-corrected chi connectivity index (χ4v) is 4.03. The first kappa shape index (κ1) is 23.5. The average Bonchev–Trinajstić information content (AvgIpc) is 3.13. The van der Waals surface area contributed by atoms with Gasteiger partial charge in [0.25, 0.3) is 5.78 Å². The third-order valence-electron chi connectivity index (χ3n) is 4.68. The Balaban J connectivity index is 1.67. The standard InChI is InChI=1S/C23H22F3N3O2S/c1-13(2)20(27-11-10-19(30)23(24,25)26)21(31)28-16-7-5-15(6-8-16)22-29-17-9-4-14(3)12-18(17)32-22/h4-13,20,27H,1-3H3,(H,28,31). The van der Waals surface area contributed by atoms with Crippen molar-refractivity contribution >= 4 is 38.9 Å². The van der Waals surface area contributed by atoms with E-state index in [1.807, 2.05) is 31.2 Å². The fourth-order valence-electron chi connectivity index (χ4n) is 2.96. The minimum atomic E-state index is -4.95. The molecule has 0 radical (unpaired) electrons. The molecule has 0 fully saturated rings. The highest BCUT2D eigenvalue weighted by atomic mass is 32.1. The second-order valence-corrected chi connectivity index (χ2v) is 8.67. The van der Waals surface area contributed by atoms with Crippen LogP contribution in [0.15, 0.2) is 54.7 Å². The third kappa shape index (κ3) is 5.73. The number of halogens is 3. The molecule has 5 nitrogen and oxygen atoms in total. The number of nitrogens with one attached hydrogen (secondary N) is 2. The number of benzene rings is 2. The van der Waals surface area contributed by atoms with Gasteiger partial charge in [-0.2, -0.15) is 13.2 Å². The summed E-state index contributed by atoms with van der Waals surface area (Å²) < 4.78 is 38.0. The minimum Gasteiger partial charge on any atom is -0.379 e. The summed E-state index contributed by atoms with van der Waals surface area (Å²) >= 11 is 1.58. The van der Waals surface area contributed by atoms with E-state index in [4.69, 9.17) is 0 Å². The van der Waals surface area contributed by atoms with Gasteiger partial charge in [0.2, 0.25) is 5.91 Å². The Morgan fingerprint density at radius 3 is 2.41 bits per heavy atom. The molecular weight excluding hydrogens is 439 g/mol. The molecule has 3 rings (SSSR count). The Hall–Kier alpha value is -3.20. The van der Waals surface area contributed by atoms with E-state index < -0.39 is 23.9 Å². The van der Waals surface area contributed by atoms with Gasteiger partial charge < -0.3 is 10.6 Å². The monoisotopic (exact) mass is 461 g/mol. The summed E-state index contributed by atoms with van der Waals surface area (Å²) in [6, 6.07) is 12.4. The molecule has 1 amide bonds. The van der Waals surface area contributed by atoms with Gasteiger partial charge in [-0.05, 0) is 54.8 Å². The van der Waals surface area contributed by atoms with E-state index in [-0.39, 0.29) is 5.92 Å². The Morgan fingerprint density at radius 2 is 1.78 bits per heavy atom. The van der Waals surface area contributed by atoms with Gasteiger partial charge in [0.15, 0.2) is 0 Å². The van der Waals surface area contributed by atoms with Crippen LogP contribution in [-0.4, -0.2) is 28.9 Å². The van der Waals surface area contributed by atoms with Gasteiger partial charge in [-0.15, -0.1) is 11.3 Å². The van der Waals surface area contributed by atoms with Crippen LogP contribution in [0, 0.1) is 12.8 Å².